The minimum Gasteiger partial charge on any atom is -0.635 e. The Morgan fingerprint density at radius 1 is 0.960 bits per heavy atom. The van der Waals surface area contributed by atoms with Gasteiger partial charge in [0.25, 0.3) is 0 Å². The number of carbonyl (C=O) groups is 4. The first-order valence-electron chi connectivity index (χ1n) is 23.2. The summed E-state index contributed by atoms with van der Waals surface area (Å²) in [5, 5.41) is 6.08. The number of carbonyl (C=O) groups excluding carboxylic acids is 4. The summed E-state index contributed by atoms with van der Waals surface area (Å²) in [6.07, 6.45) is 5.77. The number of hydrogen-bond donors (Lipinski definition) is 3. The van der Waals surface area contributed by atoms with Crippen LogP contribution >= 0.6 is 60.3 Å². The Labute approximate surface area is 510 Å². The van der Waals surface area contributed by atoms with E-state index >= 15 is 0 Å². The number of aromatic nitrogens is 1. The smallest absolute Gasteiger partial charge is 0.635 e. The second-order valence-corrected chi connectivity index (χ2v) is 21.8. The van der Waals surface area contributed by atoms with E-state index in [9.17, 15) is 37.7 Å². The van der Waals surface area contributed by atoms with E-state index in [1.165, 1.54) is 61.3 Å². The number of amides is 5. The van der Waals surface area contributed by atoms with Crippen LogP contribution in [0.15, 0.2) is 48.7 Å². The van der Waals surface area contributed by atoms with Crippen LogP contribution in [0.2, 0.25) is 5.02 Å². The van der Waals surface area contributed by atoms with E-state index in [4.69, 9.17) is 35.4 Å². The Morgan fingerprint density at radius 3 is 2.15 bits per heavy atom. The molecule has 75 heavy (non-hydrogen) atoms. The topological polar surface area (TPSA) is 227 Å². The minimum atomic E-state index is -5.00. The Morgan fingerprint density at radius 2 is 1.57 bits per heavy atom. The van der Waals surface area contributed by atoms with Gasteiger partial charge in [0.05, 0.1) is 43.0 Å². The zero-order valence-electron chi connectivity index (χ0n) is 44.9. The number of fused-ring (bicyclic) bond motifs is 3. The van der Waals surface area contributed by atoms with Crippen molar-refractivity contribution in [1.29, 1.82) is 0 Å². The molecule has 0 unspecified atom stereocenters. The van der Waals surface area contributed by atoms with Crippen LogP contribution < -0.4 is 79.5 Å². The molecule has 5 amide bonds. The number of ether oxygens (including phenoxy) is 4. The first-order valence-corrected chi connectivity index (χ1v) is 25.1. The van der Waals surface area contributed by atoms with Crippen molar-refractivity contribution in [1.82, 2.24) is 25.0 Å². The summed E-state index contributed by atoms with van der Waals surface area (Å²) in [5.41, 5.74) is -1.51. The van der Waals surface area contributed by atoms with Gasteiger partial charge in [0.15, 0.2) is 8.17 Å². The quantitative estimate of drug-likeness (QED) is 0.180. The first kappa shape index (κ1) is 73.7. The average Bonchev–Trinajstić information content (AvgIpc) is 4.12. The van der Waals surface area contributed by atoms with Gasteiger partial charge in [-0.25, -0.2) is 32.8 Å². The van der Waals surface area contributed by atoms with Crippen LogP contribution in [0, 0.1) is 22.5 Å². The van der Waals surface area contributed by atoms with Gasteiger partial charge in [-0.3, -0.25) is 14.9 Å². The number of phosphoric ester groups is 1. The Bertz CT molecular complexity index is 2340. The normalized spacial score (nSPS) is 19.7. The van der Waals surface area contributed by atoms with Crippen molar-refractivity contribution in [3.8, 4) is 0 Å². The number of urea groups is 1. The van der Waals surface area contributed by atoms with Crippen LogP contribution in [0.1, 0.15) is 99.5 Å². The number of hydrogen-bond acceptors (Lipinski definition) is 13. The van der Waals surface area contributed by atoms with E-state index in [2.05, 4.69) is 20.1 Å². The van der Waals surface area contributed by atoms with Gasteiger partial charge < -0.3 is 48.8 Å². The van der Waals surface area contributed by atoms with Gasteiger partial charge in [0.1, 0.15) is 35.5 Å². The molecule has 5 aliphatic rings. The van der Waals surface area contributed by atoms with E-state index in [1.807, 2.05) is 51.3 Å². The third kappa shape index (κ3) is 21.6. The second-order valence-electron chi connectivity index (χ2n) is 20.2. The molecular formula is C48H73ClF2N6Na2O12PS3+. The molecule has 5 fully saturated rings. The Balaban J connectivity index is 0.00000129. The molecule has 3 N–H and O–H groups in total. The zero-order valence-corrected chi connectivity index (χ0v) is 53.5. The fourth-order valence-electron chi connectivity index (χ4n) is 8.87. The average molecular weight is 1170 g/mol. The summed E-state index contributed by atoms with van der Waals surface area (Å²) in [7, 11) is -3.58. The fraction of sp³-hybridized carbons (Fsp3) is 0.604. The maximum Gasteiger partial charge on any atom is 1.00 e. The summed E-state index contributed by atoms with van der Waals surface area (Å²) >= 11 is 5.96. The number of likely N-dealkylation sites (N-methyl/N-ethyl adjacent to an activating group) is 1. The molecule has 0 radical (unpaired) electrons. The molecule has 5 aliphatic heterocycles. The maximum atomic E-state index is 13.8. The van der Waals surface area contributed by atoms with Gasteiger partial charge in [-0.15, -0.1) is 0 Å². The largest absolute Gasteiger partial charge is 1.00 e. The molecule has 2 aromatic carbocycles. The zero-order chi connectivity index (χ0) is 51.8. The number of pyridine rings is 1. The summed E-state index contributed by atoms with van der Waals surface area (Å²) in [6.45, 7) is 17.7. The number of nitrogens with zero attached hydrogens (tertiary/aromatic N) is 4. The van der Waals surface area contributed by atoms with Crippen LogP contribution in [0.5, 0.6) is 0 Å². The number of benzene rings is 2. The molecule has 8 rings (SSSR count). The fourth-order valence-corrected chi connectivity index (χ4v) is 9.57. The number of rotatable bonds is 11. The van der Waals surface area contributed by atoms with Crippen LogP contribution in [0.3, 0.4) is 0 Å². The van der Waals surface area contributed by atoms with Crippen LogP contribution in [-0.4, -0.2) is 125 Å². The Hall–Kier alpha value is -1.32. The molecule has 0 spiro atoms. The summed E-state index contributed by atoms with van der Waals surface area (Å²) < 4.78 is 53.2. The van der Waals surface area contributed by atoms with Crippen molar-refractivity contribution in [2.45, 2.75) is 130 Å². The van der Waals surface area contributed by atoms with Crippen LogP contribution in [-0.2, 0) is 39.6 Å². The molecule has 412 valence electrons. The molecule has 0 bridgehead atoms. The first-order chi connectivity index (χ1) is 32.6. The van der Waals surface area contributed by atoms with Crippen molar-refractivity contribution in [3.05, 3.63) is 70.9 Å². The molecule has 5 saturated heterocycles. The van der Waals surface area contributed by atoms with Crippen LogP contribution in [0.4, 0.5) is 24.2 Å². The predicted molar refractivity (Wildman–Crippen MR) is 286 cm³/mol. The molecule has 3 aromatic rings. The third-order valence-corrected chi connectivity index (χ3v) is 13.4. The molecule has 6 heterocycles. The number of halogens is 3. The number of anilines is 1. The van der Waals surface area contributed by atoms with E-state index in [0.29, 0.717) is 41.4 Å². The number of phosphoric acid groups is 1. The molecule has 1 aromatic heterocycles. The molecule has 3 atom stereocenters. The van der Waals surface area contributed by atoms with Gasteiger partial charge in [-0.05, 0) is 106 Å². The molecular weight excluding hydrogens is 1100 g/mol. The summed E-state index contributed by atoms with van der Waals surface area (Å²) in [6, 6.07) is 8.97. The van der Waals surface area contributed by atoms with E-state index < -0.39 is 55.7 Å². The van der Waals surface area contributed by atoms with E-state index in [0.717, 1.165) is 32.7 Å². The van der Waals surface area contributed by atoms with Crippen LogP contribution in [0.25, 0.3) is 10.8 Å². The standard InChI is InChI=1S/C26H30ClF2N4O7P.C10H17NO2.C8H13NO2.C4H8O.2Na.3H2S/c1-26(2,15-40-41(36,37)38)11-20(33(3)24(34)31-13-17-5-4-6-21(29)23(17)27)14-39-25(35)32-22-10-18-9-19(28)8-7-16(18)12-30-22;1-9(2)5-7-6-13-10(3,4)11(7)8(9)12;1-8(2)9-6(5-11-8)3-4-7(9)10;1-2-4-5-3-1;;;;;/h4-10,12,20H,11,13-15H2,1-3H3,(H,31,34)(H,30,32,35)(H2,36,37,38);7H,5-6H2,1-4H3;6H,3-5H2,1-2H3;1-4H2;;;3*1H2/q;;;;2*+1;;;/p-1/t20-;7-;6-;;;;;;/m000....../s1. The monoisotopic (exact) mass is 1170 g/mol. The summed E-state index contributed by atoms with van der Waals surface area (Å²) in [4.78, 5) is 89.1. The van der Waals surface area contributed by atoms with Gasteiger partial charge in [-0.2, -0.15) is 40.5 Å². The van der Waals surface area contributed by atoms with Gasteiger partial charge in [0, 0.05) is 50.2 Å². The Kier molecular flexibility index (Phi) is 31.1. The van der Waals surface area contributed by atoms with Crippen molar-refractivity contribution in [3.63, 3.8) is 0 Å². The van der Waals surface area contributed by atoms with Gasteiger partial charge in [-0.1, -0.05) is 51.4 Å². The van der Waals surface area contributed by atoms with E-state index in [-0.39, 0.29) is 153 Å². The van der Waals surface area contributed by atoms with Crippen molar-refractivity contribution < 1.29 is 125 Å². The molecule has 18 nitrogen and oxygen atoms in total. The summed E-state index contributed by atoms with van der Waals surface area (Å²) in [5.74, 6) is -0.512. The third-order valence-electron chi connectivity index (χ3n) is 12.5. The maximum absolute atomic E-state index is 13.8. The van der Waals surface area contributed by atoms with Crippen molar-refractivity contribution in [2.75, 3.05) is 52.0 Å². The van der Waals surface area contributed by atoms with Crippen molar-refractivity contribution in [2.24, 2.45) is 10.8 Å². The number of nitrogens with one attached hydrogen (secondary N) is 2. The SMILES string of the molecule is C1CCOC1.CC1(C)C[C@H]2COC(C)(C)N2C1=O.CC1(C)OC[C@@H]2CCC(=O)N21.CN(C(=O)NCc1cccc(F)c1Cl)[C@H](COC(=O)Nc1cc2cc(F)ccc2cn1)CC(C)(C)CO[P+]([O-])([O-])O.S.S.S.[Na+].[Na+]. The van der Waals surface area contributed by atoms with Gasteiger partial charge in [0.2, 0.25) is 11.8 Å². The molecule has 0 saturated carbocycles. The second kappa shape index (κ2) is 31.6. The van der Waals surface area contributed by atoms with E-state index in [1.54, 1.807) is 26.0 Å². The van der Waals surface area contributed by atoms with Crippen molar-refractivity contribution >= 4 is 101 Å². The molecule has 0 aliphatic carbocycles. The minimum absolute atomic E-state index is 0. The predicted octanol–water partition coefficient (Wildman–Crippen LogP) is 1.02. The molecule has 27 heteroatoms. The van der Waals surface area contributed by atoms with Gasteiger partial charge >= 0.3 is 71.2 Å².